The molecule has 5 heteroatoms. The van der Waals surface area contributed by atoms with Crippen LogP contribution in [0, 0.1) is 13.8 Å². The van der Waals surface area contributed by atoms with Crippen LogP contribution in [0.4, 0.5) is 5.69 Å². The first-order valence-electron chi connectivity index (χ1n) is 7.76. The third kappa shape index (κ3) is 3.51. The Kier molecular flexibility index (Phi) is 4.71. The number of rotatable bonds is 4. The van der Waals surface area contributed by atoms with Gasteiger partial charge in [0, 0.05) is 25.0 Å². The first-order chi connectivity index (χ1) is 11.5. The Morgan fingerprint density at radius 2 is 1.96 bits per heavy atom. The Balaban J connectivity index is 2.12. The number of carbonyl (C=O) groups is 1. The Labute approximate surface area is 145 Å². The highest BCUT2D eigenvalue weighted by atomic mass is 32.1. The molecule has 0 unspecified atom stereocenters. The first-order valence-corrected chi connectivity index (χ1v) is 8.57. The van der Waals surface area contributed by atoms with Crippen molar-refractivity contribution in [2.24, 2.45) is 4.99 Å². The number of carbonyl (C=O) groups excluding carboxylic acids is 1. The Bertz CT molecular complexity index is 921. The zero-order chi connectivity index (χ0) is 17.1. The summed E-state index contributed by atoms with van der Waals surface area (Å²) in [4.78, 5) is 22.4. The van der Waals surface area contributed by atoms with Gasteiger partial charge in [0.25, 0.3) is 0 Å². The molecule has 0 saturated heterocycles. The van der Waals surface area contributed by atoms with Crippen molar-refractivity contribution in [2.75, 3.05) is 0 Å². The zero-order valence-corrected chi connectivity index (χ0v) is 14.8. The van der Waals surface area contributed by atoms with Gasteiger partial charge in [0.15, 0.2) is 10.6 Å². The summed E-state index contributed by atoms with van der Waals surface area (Å²) in [7, 11) is 0. The minimum Gasteiger partial charge on any atom is -0.316 e. The molecule has 0 atom stereocenters. The van der Waals surface area contributed by atoms with Gasteiger partial charge in [0.1, 0.15) is 0 Å². The van der Waals surface area contributed by atoms with Gasteiger partial charge in [-0.2, -0.15) is 0 Å². The Morgan fingerprint density at radius 3 is 2.58 bits per heavy atom. The lowest BCUT2D eigenvalue weighted by Crippen LogP contribution is -2.17. The van der Waals surface area contributed by atoms with Crippen LogP contribution in [0.1, 0.15) is 33.4 Å². The van der Waals surface area contributed by atoms with Gasteiger partial charge < -0.3 is 4.57 Å². The van der Waals surface area contributed by atoms with Crippen LogP contribution in [-0.4, -0.2) is 15.3 Å². The fraction of sp³-hybridized carbons (Fsp3) is 0.211. The minimum atomic E-state index is 0.0720. The summed E-state index contributed by atoms with van der Waals surface area (Å²) >= 11 is 1.44. The largest absolute Gasteiger partial charge is 0.316 e. The van der Waals surface area contributed by atoms with Crippen LogP contribution in [0.3, 0.4) is 0 Å². The van der Waals surface area contributed by atoms with Crippen LogP contribution < -0.4 is 4.80 Å². The van der Waals surface area contributed by atoms with Crippen LogP contribution >= 0.6 is 11.3 Å². The molecule has 0 aliphatic carbocycles. The van der Waals surface area contributed by atoms with Crippen LogP contribution in [0.25, 0.3) is 0 Å². The molecule has 3 rings (SSSR count). The lowest BCUT2D eigenvalue weighted by Gasteiger charge is -2.06. The van der Waals surface area contributed by atoms with Crippen molar-refractivity contribution in [1.29, 1.82) is 0 Å². The molecular weight excluding hydrogens is 318 g/mol. The minimum absolute atomic E-state index is 0.0720. The van der Waals surface area contributed by atoms with E-state index in [1.54, 1.807) is 13.1 Å². The molecule has 0 amide bonds. The highest BCUT2D eigenvalue weighted by Crippen LogP contribution is 2.17. The van der Waals surface area contributed by atoms with Crippen molar-refractivity contribution < 1.29 is 4.79 Å². The number of thiazole rings is 1. The SMILES string of the molecule is CC(=O)c1sc(=Nc2ccc(C)cc2)n(Cc2cccnc2)c1C. The van der Waals surface area contributed by atoms with E-state index in [4.69, 9.17) is 4.99 Å². The van der Waals surface area contributed by atoms with E-state index in [-0.39, 0.29) is 5.78 Å². The number of nitrogens with zero attached hydrogens (tertiary/aromatic N) is 3. The Hall–Kier alpha value is -2.53. The standard InChI is InChI=1S/C19H19N3OS/c1-13-6-8-17(9-7-13)21-19-22(12-16-5-4-10-20-11-16)14(2)18(24-19)15(3)23/h4-11H,12H2,1-3H3. The van der Waals surface area contributed by atoms with E-state index in [0.29, 0.717) is 6.54 Å². The molecule has 24 heavy (non-hydrogen) atoms. The van der Waals surface area contributed by atoms with Gasteiger partial charge in [-0.15, -0.1) is 0 Å². The van der Waals surface area contributed by atoms with E-state index in [9.17, 15) is 4.79 Å². The van der Waals surface area contributed by atoms with E-state index >= 15 is 0 Å². The second-order valence-corrected chi connectivity index (χ2v) is 6.73. The molecule has 0 bridgehead atoms. The zero-order valence-electron chi connectivity index (χ0n) is 14.0. The fourth-order valence-corrected chi connectivity index (χ4v) is 3.53. The predicted molar refractivity (Wildman–Crippen MR) is 96.8 cm³/mol. The average Bonchev–Trinajstić information content (AvgIpc) is 2.87. The summed E-state index contributed by atoms with van der Waals surface area (Å²) in [6.07, 6.45) is 3.60. The summed E-state index contributed by atoms with van der Waals surface area (Å²) < 4.78 is 2.08. The smallest absolute Gasteiger partial charge is 0.191 e. The van der Waals surface area contributed by atoms with Crippen molar-refractivity contribution in [2.45, 2.75) is 27.3 Å². The number of benzene rings is 1. The number of hydrogen-bond acceptors (Lipinski definition) is 4. The molecule has 0 fully saturated rings. The van der Waals surface area contributed by atoms with Crippen molar-refractivity contribution in [1.82, 2.24) is 9.55 Å². The van der Waals surface area contributed by atoms with Gasteiger partial charge in [0.05, 0.1) is 17.1 Å². The monoisotopic (exact) mass is 337 g/mol. The lowest BCUT2D eigenvalue weighted by molar-refractivity contribution is 0.102. The number of pyridine rings is 1. The van der Waals surface area contributed by atoms with Crippen LogP contribution in [0.2, 0.25) is 0 Å². The van der Waals surface area contributed by atoms with Crippen LogP contribution in [0.15, 0.2) is 53.8 Å². The number of ketones is 1. The molecule has 0 aliphatic rings. The quantitative estimate of drug-likeness (QED) is 0.674. The molecule has 4 nitrogen and oxygen atoms in total. The summed E-state index contributed by atoms with van der Waals surface area (Å²) in [5.74, 6) is 0.0720. The third-order valence-electron chi connectivity index (χ3n) is 3.80. The topological polar surface area (TPSA) is 47.2 Å². The molecule has 1 aromatic carbocycles. The van der Waals surface area contributed by atoms with Gasteiger partial charge in [-0.25, -0.2) is 4.99 Å². The number of aromatic nitrogens is 2. The molecule has 0 saturated carbocycles. The highest BCUT2D eigenvalue weighted by molar-refractivity contribution is 7.11. The normalized spacial score (nSPS) is 11.7. The van der Waals surface area contributed by atoms with E-state index < -0.39 is 0 Å². The second kappa shape index (κ2) is 6.93. The molecular formula is C19H19N3OS. The van der Waals surface area contributed by atoms with Crippen LogP contribution in [-0.2, 0) is 6.54 Å². The molecule has 0 radical (unpaired) electrons. The summed E-state index contributed by atoms with van der Waals surface area (Å²) in [5.41, 5.74) is 4.11. The summed E-state index contributed by atoms with van der Waals surface area (Å²) in [5, 5.41) is 0. The fourth-order valence-electron chi connectivity index (χ4n) is 2.49. The molecule has 0 N–H and O–H groups in total. The van der Waals surface area contributed by atoms with Crippen LogP contribution in [0.5, 0.6) is 0 Å². The predicted octanol–water partition coefficient (Wildman–Crippen LogP) is 4.04. The maximum absolute atomic E-state index is 11.9. The maximum Gasteiger partial charge on any atom is 0.191 e. The average molecular weight is 337 g/mol. The van der Waals surface area contributed by atoms with E-state index in [0.717, 1.165) is 26.6 Å². The molecule has 3 aromatic rings. The molecule has 0 aliphatic heterocycles. The molecule has 0 spiro atoms. The summed E-state index contributed by atoms with van der Waals surface area (Å²) in [6, 6.07) is 12.0. The summed E-state index contributed by atoms with van der Waals surface area (Å²) in [6.45, 7) is 6.27. The van der Waals surface area contributed by atoms with Gasteiger partial charge in [-0.05, 0) is 37.6 Å². The van der Waals surface area contributed by atoms with E-state index in [1.165, 1.54) is 16.9 Å². The Morgan fingerprint density at radius 1 is 1.21 bits per heavy atom. The highest BCUT2D eigenvalue weighted by Gasteiger charge is 2.13. The second-order valence-electron chi connectivity index (χ2n) is 5.75. The van der Waals surface area contributed by atoms with Crippen molar-refractivity contribution in [3.8, 4) is 0 Å². The molecule has 122 valence electrons. The van der Waals surface area contributed by atoms with Gasteiger partial charge in [-0.3, -0.25) is 9.78 Å². The van der Waals surface area contributed by atoms with Gasteiger partial charge in [-0.1, -0.05) is 35.1 Å². The molecule has 2 heterocycles. The number of aryl methyl sites for hydroxylation is 1. The van der Waals surface area contributed by atoms with Gasteiger partial charge in [0.2, 0.25) is 0 Å². The van der Waals surface area contributed by atoms with Gasteiger partial charge >= 0.3 is 0 Å². The van der Waals surface area contributed by atoms with Crippen molar-refractivity contribution >= 4 is 22.8 Å². The van der Waals surface area contributed by atoms with Crippen molar-refractivity contribution in [3.05, 3.63) is 75.3 Å². The molecule has 2 aromatic heterocycles. The third-order valence-corrected chi connectivity index (χ3v) is 5.08. The maximum atomic E-state index is 11.9. The van der Waals surface area contributed by atoms with E-state index in [2.05, 4.69) is 16.5 Å². The first kappa shape index (κ1) is 16.3. The lowest BCUT2D eigenvalue weighted by atomic mass is 10.2. The van der Waals surface area contributed by atoms with Crippen molar-refractivity contribution in [3.63, 3.8) is 0 Å². The number of hydrogen-bond donors (Lipinski definition) is 0. The number of Topliss-reactive ketones (excluding diaryl/α,β-unsaturated/α-hetero) is 1. The van der Waals surface area contributed by atoms with E-state index in [1.807, 2.05) is 49.5 Å².